The van der Waals surface area contributed by atoms with Crippen LogP contribution < -0.4 is 0 Å². The van der Waals surface area contributed by atoms with Gasteiger partial charge in [-0.3, -0.25) is 0 Å². The van der Waals surface area contributed by atoms with Crippen LogP contribution in [0.1, 0.15) is 24.7 Å². The third-order valence-electron chi connectivity index (χ3n) is 3.34. The molecule has 0 spiro atoms. The van der Waals surface area contributed by atoms with Gasteiger partial charge in [-0.05, 0) is 26.0 Å². The van der Waals surface area contributed by atoms with E-state index in [2.05, 4.69) is 28.4 Å². The first-order valence-electron chi connectivity index (χ1n) is 6.18. The third-order valence-corrected chi connectivity index (χ3v) is 4.97. The molecule has 0 atom stereocenters. The van der Waals surface area contributed by atoms with Gasteiger partial charge in [0, 0.05) is 11.6 Å². The number of imidazole rings is 1. The van der Waals surface area contributed by atoms with Crippen molar-refractivity contribution in [2.24, 2.45) is 0 Å². The van der Waals surface area contributed by atoms with E-state index >= 15 is 0 Å². The van der Waals surface area contributed by atoms with Gasteiger partial charge in [-0.1, -0.05) is 17.7 Å². The molecule has 2 heterocycles. The Labute approximate surface area is 131 Å². The Morgan fingerprint density at radius 2 is 2.15 bits per heavy atom. The fourth-order valence-corrected chi connectivity index (χ4v) is 3.59. The topological polar surface area (TPSA) is 30.7 Å². The predicted molar refractivity (Wildman–Crippen MR) is 84.8 cm³/mol. The maximum atomic E-state index is 6.24. The highest BCUT2D eigenvalue weighted by molar-refractivity contribution is 7.09. The van der Waals surface area contributed by atoms with Crippen molar-refractivity contribution in [1.29, 1.82) is 0 Å². The van der Waals surface area contributed by atoms with Crippen LogP contribution >= 0.6 is 34.5 Å². The van der Waals surface area contributed by atoms with Crippen LogP contribution in [0.2, 0.25) is 5.02 Å². The van der Waals surface area contributed by atoms with Crippen LogP contribution in [0.15, 0.2) is 29.8 Å². The lowest BCUT2D eigenvalue weighted by atomic mass is 10.1. The summed E-state index contributed by atoms with van der Waals surface area (Å²) in [5.41, 5.74) is 1.44. The smallest absolute Gasteiger partial charge is 0.125 e. The van der Waals surface area contributed by atoms with Crippen LogP contribution in [0.5, 0.6) is 0 Å². The second-order valence-electron chi connectivity index (χ2n) is 5.00. The van der Waals surface area contributed by atoms with Gasteiger partial charge in [-0.25, -0.2) is 9.97 Å². The number of alkyl halides is 1. The third kappa shape index (κ3) is 2.03. The van der Waals surface area contributed by atoms with Crippen LogP contribution in [-0.4, -0.2) is 14.5 Å². The van der Waals surface area contributed by atoms with E-state index in [0.717, 1.165) is 21.9 Å². The van der Waals surface area contributed by atoms with Crippen LogP contribution in [-0.2, 0) is 11.4 Å². The minimum atomic E-state index is -0.322. The number of benzene rings is 1. The predicted octanol–water partition coefficient (Wildman–Crippen LogP) is 4.67. The molecule has 6 heteroatoms. The number of para-hydroxylation sites is 1. The fourth-order valence-electron chi connectivity index (χ4n) is 2.45. The summed E-state index contributed by atoms with van der Waals surface area (Å²) in [7, 11) is 0. The molecule has 0 aliphatic heterocycles. The summed E-state index contributed by atoms with van der Waals surface area (Å²) in [4.78, 5) is 9.03. The molecule has 0 fully saturated rings. The molecule has 3 rings (SSSR count). The van der Waals surface area contributed by atoms with Gasteiger partial charge >= 0.3 is 0 Å². The van der Waals surface area contributed by atoms with E-state index in [1.165, 1.54) is 0 Å². The molecule has 104 valence electrons. The van der Waals surface area contributed by atoms with E-state index in [-0.39, 0.29) is 5.54 Å². The van der Waals surface area contributed by atoms with Crippen molar-refractivity contribution in [2.75, 3.05) is 0 Å². The average molecular weight is 326 g/mol. The molecule has 0 saturated carbocycles. The number of hydrogen-bond donors (Lipinski definition) is 0. The highest BCUT2D eigenvalue weighted by Gasteiger charge is 2.30. The van der Waals surface area contributed by atoms with Crippen molar-refractivity contribution in [1.82, 2.24) is 14.5 Å². The average Bonchev–Trinajstić information content (AvgIpc) is 3.06. The van der Waals surface area contributed by atoms with E-state index in [1.54, 1.807) is 11.3 Å². The van der Waals surface area contributed by atoms with E-state index in [1.807, 2.05) is 29.8 Å². The number of nitrogens with zero attached hydrogens (tertiary/aromatic N) is 3. The van der Waals surface area contributed by atoms with Gasteiger partial charge in [0.05, 0.1) is 22.0 Å². The molecule has 0 amide bonds. The molecular weight excluding hydrogens is 313 g/mol. The summed E-state index contributed by atoms with van der Waals surface area (Å²) < 4.78 is 2.13. The van der Waals surface area contributed by atoms with Crippen molar-refractivity contribution >= 4 is 45.6 Å². The molecule has 0 bridgehead atoms. The standard InChI is InChI=1S/C14H13Cl2N3S/c1-14(2,13-17-6-7-20-13)19-10-5-3-4-9(16)12(10)18-11(19)8-15/h3-7H,8H2,1-2H3. The van der Waals surface area contributed by atoms with Gasteiger partial charge in [-0.15, -0.1) is 22.9 Å². The van der Waals surface area contributed by atoms with Gasteiger partial charge in [0.1, 0.15) is 16.3 Å². The lowest BCUT2D eigenvalue weighted by Crippen LogP contribution is -2.29. The summed E-state index contributed by atoms with van der Waals surface area (Å²) in [6.45, 7) is 4.23. The van der Waals surface area contributed by atoms with E-state index in [9.17, 15) is 0 Å². The molecular formula is C14H13Cl2N3S. The molecule has 0 saturated heterocycles. The van der Waals surface area contributed by atoms with E-state index < -0.39 is 0 Å². The molecule has 0 N–H and O–H groups in total. The van der Waals surface area contributed by atoms with Crippen molar-refractivity contribution in [2.45, 2.75) is 25.3 Å². The Morgan fingerprint density at radius 3 is 2.80 bits per heavy atom. The second-order valence-corrected chi connectivity index (χ2v) is 6.57. The zero-order valence-electron chi connectivity index (χ0n) is 11.1. The number of aromatic nitrogens is 3. The van der Waals surface area contributed by atoms with Crippen molar-refractivity contribution in [3.05, 3.63) is 45.6 Å². The Balaban J connectivity index is 2.33. The summed E-state index contributed by atoms with van der Waals surface area (Å²) in [6.07, 6.45) is 1.81. The van der Waals surface area contributed by atoms with Crippen LogP contribution in [0.3, 0.4) is 0 Å². The first-order valence-corrected chi connectivity index (χ1v) is 7.97. The van der Waals surface area contributed by atoms with Gasteiger partial charge < -0.3 is 4.57 Å². The Kier molecular flexibility index (Phi) is 3.48. The Morgan fingerprint density at radius 1 is 1.35 bits per heavy atom. The summed E-state index contributed by atoms with van der Waals surface area (Å²) in [5, 5.41) is 3.63. The number of hydrogen-bond acceptors (Lipinski definition) is 3. The van der Waals surface area contributed by atoms with Crippen LogP contribution in [0, 0.1) is 0 Å². The highest BCUT2D eigenvalue weighted by atomic mass is 35.5. The van der Waals surface area contributed by atoms with E-state index in [0.29, 0.717) is 10.9 Å². The van der Waals surface area contributed by atoms with Crippen LogP contribution in [0.4, 0.5) is 0 Å². The Hall–Kier alpha value is -1.10. The molecule has 0 aliphatic rings. The molecule has 0 radical (unpaired) electrons. The molecule has 0 unspecified atom stereocenters. The van der Waals surface area contributed by atoms with Crippen LogP contribution in [0.25, 0.3) is 11.0 Å². The zero-order valence-corrected chi connectivity index (χ0v) is 13.4. The maximum Gasteiger partial charge on any atom is 0.125 e. The number of halogens is 2. The van der Waals surface area contributed by atoms with Crippen molar-refractivity contribution in [3.8, 4) is 0 Å². The molecule has 1 aromatic carbocycles. The Bertz CT molecular complexity index is 747. The number of thiazole rings is 1. The zero-order chi connectivity index (χ0) is 14.3. The summed E-state index contributed by atoms with van der Waals surface area (Å²) in [6, 6.07) is 5.79. The number of rotatable bonds is 3. The van der Waals surface area contributed by atoms with E-state index in [4.69, 9.17) is 23.2 Å². The van der Waals surface area contributed by atoms with Gasteiger partial charge in [0.2, 0.25) is 0 Å². The maximum absolute atomic E-state index is 6.24. The number of fused-ring (bicyclic) bond motifs is 1. The molecule has 3 nitrogen and oxygen atoms in total. The summed E-state index contributed by atoms with van der Waals surface area (Å²) in [5.74, 6) is 1.13. The first-order chi connectivity index (χ1) is 9.55. The molecule has 3 aromatic rings. The lowest BCUT2D eigenvalue weighted by molar-refractivity contribution is 0.435. The minimum absolute atomic E-state index is 0.322. The van der Waals surface area contributed by atoms with Crippen molar-refractivity contribution in [3.63, 3.8) is 0 Å². The fraction of sp³-hybridized carbons (Fsp3) is 0.286. The molecule has 0 aliphatic carbocycles. The monoisotopic (exact) mass is 325 g/mol. The molecule has 2 aromatic heterocycles. The first kappa shape index (κ1) is 13.9. The van der Waals surface area contributed by atoms with Gasteiger partial charge in [-0.2, -0.15) is 0 Å². The largest absolute Gasteiger partial charge is 0.315 e. The lowest BCUT2D eigenvalue weighted by Gasteiger charge is -2.27. The highest BCUT2D eigenvalue weighted by Crippen LogP contribution is 2.34. The normalized spacial score (nSPS) is 12.2. The SMILES string of the molecule is CC(C)(c1nccs1)n1c(CCl)nc2c(Cl)cccc21. The quantitative estimate of drug-likeness (QED) is 0.655. The van der Waals surface area contributed by atoms with Crippen molar-refractivity contribution < 1.29 is 0 Å². The molecule has 20 heavy (non-hydrogen) atoms. The second kappa shape index (κ2) is 5.02. The summed E-state index contributed by atoms with van der Waals surface area (Å²) >= 11 is 13.9. The van der Waals surface area contributed by atoms with Gasteiger partial charge in [0.25, 0.3) is 0 Å². The minimum Gasteiger partial charge on any atom is -0.315 e. The van der Waals surface area contributed by atoms with Gasteiger partial charge in [0.15, 0.2) is 0 Å².